The molecule has 1 fully saturated rings. The zero-order valence-electron chi connectivity index (χ0n) is 8.40. The van der Waals surface area contributed by atoms with Crippen LogP contribution in [-0.2, 0) is 14.1 Å². The summed E-state index contributed by atoms with van der Waals surface area (Å²) in [5.41, 5.74) is 4.36. The van der Waals surface area contributed by atoms with Gasteiger partial charge in [0.15, 0.2) is 0 Å². The summed E-state index contributed by atoms with van der Waals surface area (Å²) in [7, 11) is -1.86. The third-order valence-corrected chi connectivity index (χ3v) is 4.59. The van der Waals surface area contributed by atoms with Crippen molar-refractivity contribution in [2.75, 3.05) is 13.8 Å². The summed E-state index contributed by atoms with van der Waals surface area (Å²) in [5.74, 6) is -0.492. The Morgan fingerprint density at radius 3 is 2.64 bits per heavy atom. The Morgan fingerprint density at radius 2 is 2.29 bits per heavy atom. The molecular weight excluding hydrogens is 205 g/mol. The maximum atomic E-state index is 11.4. The molecule has 3 atom stereocenters. The van der Waals surface area contributed by atoms with Crippen molar-refractivity contribution in [3.63, 3.8) is 0 Å². The highest BCUT2D eigenvalue weighted by atomic mass is 31.2. The van der Waals surface area contributed by atoms with Gasteiger partial charge in [-0.25, -0.2) is 0 Å². The average Bonchev–Trinajstić information content (AvgIpc) is 2.47. The summed E-state index contributed by atoms with van der Waals surface area (Å²) in [6.45, 7) is 1.31. The highest BCUT2D eigenvalue weighted by Gasteiger charge is 2.47. The standard InChI is InChI=1S/C8H16NO4P/c1-13-7(10)8(9)4-3-6(5-8)14(2,11)12/h6H,3-5,9H2,1-2H3,(H,11,12). The van der Waals surface area contributed by atoms with Crippen LogP contribution in [0.3, 0.4) is 0 Å². The maximum absolute atomic E-state index is 11.4. The van der Waals surface area contributed by atoms with Crippen LogP contribution >= 0.6 is 7.37 Å². The van der Waals surface area contributed by atoms with Crippen LogP contribution in [-0.4, -0.2) is 35.8 Å². The molecule has 0 aromatic rings. The van der Waals surface area contributed by atoms with Gasteiger partial charge in [0.25, 0.3) is 0 Å². The number of hydrogen-bond acceptors (Lipinski definition) is 4. The van der Waals surface area contributed by atoms with Gasteiger partial charge in [-0.15, -0.1) is 0 Å². The van der Waals surface area contributed by atoms with Crippen molar-refractivity contribution >= 4 is 13.3 Å². The number of hydrogen-bond donors (Lipinski definition) is 2. The highest BCUT2D eigenvalue weighted by Crippen LogP contribution is 2.51. The first-order valence-corrected chi connectivity index (χ1v) is 6.64. The summed E-state index contributed by atoms with van der Waals surface area (Å²) in [6, 6.07) is 0. The topological polar surface area (TPSA) is 89.6 Å². The Bertz CT molecular complexity index is 287. The Kier molecular flexibility index (Phi) is 3.04. The van der Waals surface area contributed by atoms with E-state index in [9.17, 15) is 14.3 Å². The van der Waals surface area contributed by atoms with Gasteiger partial charge in [-0.1, -0.05) is 0 Å². The predicted octanol–water partition coefficient (Wildman–Crippen LogP) is 0.310. The largest absolute Gasteiger partial charge is 0.468 e. The van der Waals surface area contributed by atoms with E-state index >= 15 is 0 Å². The van der Waals surface area contributed by atoms with Crippen molar-refractivity contribution in [1.29, 1.82) is 0 Å². The zero-order valence-corrected chi connectivity index (χ0v) is 9.29. The van der Waals surface area contributed by atoms with Crippen LogP contribution in [0.4, 0.5) is 0 Å². The van der Waals surface area contributed by atoms with Gasteiger partial charge >= 0.3 is 5.97 Å². The number of nitrogens with two attached hydrogens (primary N) is 1. The van der Waals surface area contributed by atoms with Gasteiger partial charge in [-0.05, 0) is 19.3 Å². The molecule has 82 valence electrons. The van der Waals surface area contributed by atoms with Crippen molar-refractivity contribution < 1.29 is 19.0 Å². The van der Waals surface area contributed by atoms with E-state index in [2.05, 4.69) is 4.74 Å². The number of carbonyl (C=O) groups excluding carboxylic acids is 1. The third-order valence-electron chi connectivity index (χ3n) is 2.79. The lowest BCUT2D eigenvalue weighted by Crippen LogP contribution is -2.46. The fourth-order valence-corrected chi connectivity index (χ4v) is 3.12. The Labute approximate surface area is 83.1 Å². The minimum Gasteiger partial charge on any atom is -0.468 e. The van der Waals surface area contributed by atoms with Crippen LogP contribution < -0.4 is 5.73 Å². The van der Waals surface area contributed by atoms with E-state index in [1.165, 1.54) is 13.8 Å². The van der Waals surface area contributed by atoms with E-state index in [4.69, 9.17) is 5.73 Å². The monoisotopic (exact) mass is 221 g/mol. The lowest BCUT2D eigenvalue weighted by atomic mass is 10.00. The molecule has 0 aromatic heterocycles. The number of rotatable bonds is 2. The lowest BCUT2D eigenvalue weighted by molar-refractivity contribution is -0.146. The Morgan fingerprint density at radius 1 is 1.71 bits per heavy atom. The van der Waals surface area contributed by atoms with Crippen molar-refractivity contribution in [2.24, 2.45) is 5.73 Å². The summed E-state index contributed by atoms with van der Waals surface area (Å²) in [4.78, 5) is 20.6. The summed E-state index contributed by atoms with van der Waals surface area (Å²) < 4.78 is 15.9. The van der Waals surface area contributed by atoms with E-state index in [0.717, 1.165) is 0 Å². The number of esters is 1. The molecule has 0 saturated heterocycles. The molecule has 0 bridgehead atoms. The van der Waals surface area contributed by atoms with Gasteiger partial charge < -0.3 is 15.4 Å². The minimum absolute atomic E-state index is 0.240. The number of carbonyl (C=O) groups is 1. The van der Waals surface area contributed by atoms with Crippen molar-refractivity contribution in [3.8, 4) is 0 Å². The lowest BCUT2D eigenvalue weighted by Gasteiger charge is -2.21. The van der Waals surface area contributed by atoms with Gasteiger partial charge in [-0.3, -0.25) is 9.36 Å². The van der Waals surface area contributed by atoms with Gasteiger partial charge in [-0.2, -0.15) is 0 Å². The van der Waals surface area contributed by atoms with Gasteiger partial charge in [0, 0.05) is 12.3 Å². The molecule has 6 heteroatoms. The summed E-state index contributed by atoms with van der Waals surface area (Å²) in [6.07, 6.45) is 1.17. The first-order valence-electron chi connectivity index (χ1n) is 4.47. The highest BCUT2D eigenvalue weighted by molar-refractivity contribution is 7.57. The molecular formula is C8H16NO4P. The molecule has 0 aromatic carbocycles. The molecule has 0 radical (unpaired) electrons. The molecule has 0 amide bonds. The quantitative estimate of drug-likeness (QED) is 0.517. The minimum atomic E-state index is -3.13. The molecule has 14 heavy (non-hydrogen) atoms. The smallest absolute Gasteiger partial charge is 0.325 e. The second-order valence-corrected chi connectivity index (χ2v) is 6.60. The van der Waals surface area contributed by atoms with E-state index in [-0.39, 0.29) is 12.1 Å². The van der Waals surface area contributed by atoms with Gasteiger partial charge in [0.05, 0.1) is 7.11 Å². The fourth-order valence-electron chi connectivity index (χ4n) is 1.85. The third kappa shape index (κ3) is 2.16. The van der Waals surface area contributed by atoms with E-state index in [1.807, 2.05) is 0 Å². The zero-order chi connectivity index (χ0) is 11.0. The predicted molar refractivity (Wildman–Crippen MR) is 52.3 cm³/mol. The SMILES string of the molecule is COC(=O)C1(N)CCC(P(C)(=O)O)C1. The number of methoxy groups -OCH3 is 1. The van der Waals surface area contributed by atoms with Crippen molar-refractivity contribution in [3.05, 3.63) is 0 Å². The van der Waals surface area contributed by atoms with Crippen molar-refractivity contribution in [2.45, 2.75) is 30.5 Å². The molecule has 3 unspecified atom stereocenters. The normalized spacial score (nSPS) is 36.4. The van der Waals surface area contributed by atoms with Crippen LogP contribution in [0.25, 0.3) is 0 Å². The van der Waals surface area contributed by atoms with Crippen LogP contribution in [0.1, 0.15) is 19.3 Å². The Balaban J connectivity index is 2.74. The number of ether oxygens (including phenoxy) is 1. The van der Waals surface area contributed by atoms with Crippen LogP contribution in [0.15, 0.2) is 0 Å². The molecule has 1 aliphatic carbocycles. The van der Waals surface area contributed by atoms with E-state index in [0.29, 0.717) is 12.8 Å². The first kappa shape index (κ1) is 11.7. The molecule has 1 aliphatic rings. The summed E-state index contributed by atoms with van der Waals surface area (Å²) >= 11 is 0. The van der Waals surface area contributed by atoms with Crippen LogP contribution in [0.5, 0.6) is 0 Å². The van der Waals surface area contributed by atoms with Gasteiger partial charge in [0.2, 0.25) is 7.37 Å². The Hall–Kier alpha value is -0.380. The molecule has 1 rings (SSSR count). The molecule has 0 spiro atoms. The van der Waals surface area contributed by atoms with Crippen molar-refractivity contribution in [1.82, 2.24) is 0 Å². The van der Waals surface area contributed by atoms with Crippen LogP contribution in [0.2, 0.25) is 0 Å². The molecule has 0 heterocycles. The first-order chi connectivity index (χ1) is 6.29. The fraction of sp³-hybridized carbons (Fsp3) is 0.875. The van der Waals surface area contributed by atoms with Gasteiger partial charge in [0.1, 0.15) is 5.54 Å². The summed E-state index contributed by atoms with van der Waals surface area (Å²) in [5, 5.41) is 0. The van der Waals surface area contributed by atoms with Crippen LogP contribution in [0, 0.1) is 0 Å². The molecule has 5 nitrogen and oxygen atoms in total. The average molecular weight is 221 g/mol. The molecule has 0 aliphatic heterocycles. The van der Waals surface area contributed by atoms with E-state index in [1.54, 1.807) is 0 Å². The molecule has 3 N–H and O–H groups in total. The van der Waals surface area contributed by atoms with E-state index < -0.39 is 18.9 Å². The maximum Gasteiger partial charge on any atom is 0.325 e. The second kappa shape index (κ2) is 3.65. The second-order valence-electron chi connectivity index (χ2n) is 3.99. The molecule has 1 saturated carbocycles.